The highest BCUT2D eigenvalue weighted by Gasteiger charge is 2.52. The second kappa shape index (κ2) is 35.7. The van der Waals surface area contributed by atoms with Crippen molar-refractivity contribution in [3.8, 4) is 5.75 Å². The molecule has 7 aliphatic rings. The van der Waals surface area contributed by atoms with Crippen molar-refractivity contribution in [1.29, 1.82) is 0 Å². The maximum atomic E-state index is 15.8. The molecule has 4 aliphatic heterocycles. The first-order valence-corrected chi connectivity index (χ1v) is 38.0. The minimum Gasteiger partial charge on any atom is -0.404 e. The zero-order valence-corrected chi connectivity index (χ0v) is 63.1. The van der Waals surface area contributed by atoms with Crippen molar-refractivity contribution in [3.05, 3.63) is 28.8 Å². The molecule has 3 N–H and O–H groups in total. The van der Waals surface area contributed by atoms with Gasteiger partial charge in [-0.25, -0.2) is 0 Å². The van der Waals surface area contributed by atoms with E-state index in [0.717, 1.165) is 62.3 Å². The van der Waals surface area contributed by atoms with Gasteiger partial charge in [0, 0.05) is 68.5 Å². The van der Waals surface area contributed by atoms with Crippen LogP contribution < -0.4 is 20.7 Å². The number of nitrogens with zero attached hydrogens (tertiary/aromatic N) is 9. The van der Waals surface area contributed by atoms with Crippen molar-refractivity contribution < 1.29 is 75.4 Å². The Kier molecular flexibility index (Phi) is 28.2. The van der Waals surface area contributed by atoms with Gasteiger partial charge in [-0.15, -0.1) is 13.2 Å². The fourth-order valence-electron chi connectivity index (χ4n) is 16.5. The van der Waals surface area contributed by atoms with Crippen molar-refractivity contribution in [3.63, 3.8) is 0 Å². The van der Waals surface area contributed by atoms with Gasteiger partial charge < -0.3 is 64.8 Å². The predicted octanol–water partition coefficient (Wildman–Crippen LogP) is 6.44. The number of likely N-dealkylation sites (tertiary alicyclic amines) is 1. The van der Waals surface area contributed by atoms with E-state index in [-0.39, 0.29) is 81.3 Å². The molecule has 3 aliphatic carbocycles. The molecule has 0 aromatic heterocycles. The lowest BCUT2D eigenvalue weighted by Crippen LogP contribution is -2.65. The van der Waals surface area contributed by atoms with Crippen LogP contribution in [0.4, 0.5) is 13.2 Å². The Morgan fingerprint density at radius 1 is 0.641 bits per heavy atom. The van der Waals surface area contributed by atoms with Gasteiger partial charge in [-0.3, -0.25) is 57.5 Å². The third kappa shape index (κ3) is 19.6. The van der Waals surface area contributed by atoms with Gasteiger partial charge in [-0.05, 0) is 138 Å². The Morgan fingerprint density at radius 2 is 1.27 bits per heavy atom. The van der Waals surface area contributed by atoms with Crippen LogP contribution in [0.25, 0.3) is 0 Å². The summed E-state index contributed by atoms with van der Waals surface area (Å²) in [6.45, 7) is 9.25. The van der Waals surface area contributed by atoms with E-state index < -0.39 is 168 Å². The largest absolute Gasteiger partial charge is 0.573 e. The van der Waals surface area contributed by atoms with E-state index in [2.05, 4.69) is 20.7 Å². The molecular weight excluding hydrogens is 1360 g/mol. The van der Waals surface area contributed by atoms with Crippen LogP contribution in [0.5, 0.6) is 5.75 Å². The number of piperidine rings is 1. The lowest BCUT2D eigenvalue weighted by Gasteiger charge is -2.45. The summed E-state index contributed by atoms with van der Waals surface area (Å²) in [4.78, 5) is 193. The zero-order valence-electron chi connectivity index (χ0n) is 62.3. The molecule has 0 unspecified atom stereocenters. The number of carbonyl (C=O) groups excluding carboxylic acids is 12. The van der Waals surface area contributed by atoms with Crippen LogP contribution in [0.3, 0.4) is 0 Å². The zero-order chi connectivity index (χ0) is 75.5. The minimum atomic E-state index is -5.05. The lowest BCUT2D eigenvalue weighted by atomic mass is 9.84. The number of likely N-dealkylation sites (N-methyl/N-ethyl adjacent to an activating group) is 6. The molecule has 103 heavy (non-hydrogen) atoms. The topological polar surface area (TPSA) is 279 Å². The van der Waals surface area contributed by atoms with Crippen LogP contribution >= 0.6 is 11.6 Å². The molecular formula is C74H112ClF3N12O13. The van der Waals surface area contributed by atoms with E-state index in [1.165, 1.54) is 95.6 Å². The number of benzene rings is 1. The number of rotatable bonds is 12. The monoisotopic (exact) mass is 1470 g/mol. The number of aryl methyl sites for hydroxylation is 1. The summed E-state index contributed by atoms with van der Waals surface area (Å²) < 4.78 is 44.1. The highest BCUT2D eigenvalue weighted by molar-refractivity contribution is 6.32. The summed E-state index contributed by atoms with van der Waals surface area (Å²) in [7, 11) is 8.76. The molecule has 29 heteroatoms. The average molecular weight is 1470 g/mol. The third-order valence-corrected chi connectivity index (χ3v) is 23.6. The Bertz CT molecular complexity index is 3250. The average Bonchev–Trinajstić information content (AvgIpc) is 1.73. The summed E-state index contributed by atoms with van der Waals surface area (Å²) in [5.41, 5.74) is -1.20. The Labute approximate surface area is 610 Å². The first-order valence-electron chi connectivity index (χ1n) is 37.6. The molecule has 4 saturated heterocycles. The fourth-order valence-corrected chi connectivity index (χ4v) is 16.8. The van der Waals surface area contributed by atoms with E-state index in [1.807, 2.05) is 20.8 Å². The highest BCUT2D eigenvalue weighted by atomic mass is 35.5. The van der Waals surface area contributed by atoms with Gasteiger partial charge in [0.25, 0.3) is 0 Å². The number of halogens is 4. The molecule has 4 heterocycles. The molecule has 25 nitrogen and oxygen atoms in total. The molecule has 10 atom stereocenters. The number of carbonyl (C=O) groups is 12. The van der Waals surface area contributed by atoms with Crippen molar-refractivity contribution in [2.24, 2.45) is 23.7 Å². The molecule has 1 aromatic carbocycles. The van der Waals surface area contributed by atoms with Gasteiger partial charge in [0.1, 0.15) is 65.7 Å². The Morgan fingerprint density at radius 3 is 1.87 bits per heavy atom. The van der Waals surface area contributed by atoms with Crippen LogP contribution in [0.2, 0.25) is 5.02 Å². The van der Waals surface area contributed by atoms with Crippen molar-refractivity contribution in [1.82, 2.24) is 60.0 Å². The molecule has 3 saturated carbocycles. The number of alkyl halides is 3. The summed E-state index contributed by atoms with van der Waals surface area (Å²) in [5.74, 6) is -9.08. The summed E-state index contributed by atoms with van der Waals surface area (Å²) in [5, 5.41) is 8.47. The molecule has 7 fully saturated rings. The van der Waals surface area contributed by atoms with E-state index in [4.69, 9.17) is 11.6 Å². The van der Waals surface area contributed by atoms with Crippen molar-refractivity contribution in [2.45, 2.75) is 261 Å². The van der Waals surface area contributed by atoms with Gasteiger partial charge in [0.2, 0.25) is 70.9 Å². The number of ether oxygens (including phenoxy) is 1. The SMILES string of the molecule is CC[C@H](C)[C@@H]1NC(=O)[C@H](CC(C)C)N(C)C(=O)C[C@@H](C(=O)N2CCCCC2)N(C)C(=O)[C@H](C2CCCC2)N(C)C(=O)C2(CCCC2)NC(=O)[C@@H]2CCCN2C(=O)[C@H](CCc2ccc(OC(F)(F)F)c(Cl)c2)NC(=O)CN(C)C(=O)[C@H](CC2CCCCC2)N(C)C(=O)[C@@H]2CCN2C(=O)[C@H](C)N(C)C1=O. The van der Waals surface area contributed by atoms with E-state index >= 15 is 38.4 Å². The lowest BCUT2D eigenvalue weighted by molar-refractivity contribution is -0.274. The number of hydrogen-bond acceptors (Lipinski definition) is 13. The van der Waals surface area contributed by atoms with Crippen molar-refractivity contribution >= 4 is 82.5 Å². The quantitative estimate of drug-likeness (QED) is 0.203. The predicted molar refractivity (Wildman–Crippen MR) is 378 cm³/mol. The molecule has 574 valence electrons. The van der Waals surface area contributed by atoms with Gasteiger partial charge in [0.15, 0.2) is 0 Å². The molecule has 8 rings (SSSR count). The van der Waals surface area contributed by atoms with E-state index in [1.54, 1.807) is 11.8 Å². The Balaban J connectivity index is 1.18. The summed E-state index contributed by atoms with van der Waals surface area (Å²) in [6.07, 6.45) is 6.30. The first kappa shape index (κ1) is 81.4. The van der Waals surface area contributed by atoms with E-state index in [9.17, 15) is 32.3 Å². The summed E-state index contributed by atoms with van der Waals surface area (Å²) >= 11 is 6.29. The van der Waals surface area contributed by atoms with Crippen LogP contribution in [-0.2, 0) is 64.0 Å². The van der Waals surface area contributed by atoms with Crippen LogP contribution in [-0.4, -0.2) is 256 Å². The van der Waals surface area contributed by atoms with Crippen LogP contribution in [0.15, 0.2) is 18.2 Å². The van der Waals surface area contributed by atoms with Gasteiger partial charge in [-0.1, -0.05) is 110 Å². The second-order valence-electron chi connectivity index (χ2n) is 30.8. The van der Waals surface area contributed by atoms with Gasteiger partial charge in [0.05, 0.1) is 18.0 Å². The number of hydrogen-bond donors (Lipinski definition) is 3. The maximum Gasteiger partial charge on any atom is 0.573 e. The highest BCUT2D eigenvalue weighted by Crippen LogP contribution is 2.39. The molecule has 0 radical (unpaired) electrons. The third-order valence-electron chi connectivity index (χ3n) is 23.3. The second-order valence-corrected chi connectivity index (χ2v) is 31.2. The molecule has 1 aromatic rings. The maximum absolute atomic E-state index is 15.8. The van der Waals surface area contributed by atoms with Crippen LogP contribution in [0, 0.1) is 23.7 Å². The molecule has 0 bridgehead atoms. The van der Waals surface area contributed by atoms with Crippen molar-refractivity contribution in [2.75, 3.05) is 75.0 Å². The summed E-state index contributed by atoms with van der Waals surface area (Å²) in [6, 6.07) is -7.25. The van der Waals surface area contributed by atoms with Gasteiger partial charge in [-0.2, -0.15) is 0 Å². The normalized spacial score (nSPS) is 28.2. The van der Waals surface area contributed by atoms with Gasteiger partial charge >= 0.3 is 6.36 Å². The smallest absolute Gasteiger partial charge is 0.404 e. The fraction of sp³-hybridized carbons (Fsp3) is 0.757. The van der Waals surface area contributed by atoms with Crippen LogP contribution in [0.1, 0.15) is 194 Å². The Hall–Kier alpha value is -7.26. The standard InChI is InChI=1S/C74H112ClF3N12O13/c1-12-46(4)61-70(100)83(7)47(5)65(95)90-39-33-54(90)68(98)85(9)56(42-48-24-15-13-16-25-48)67(97)82(6)44-59(91)79-52(31-29-49-30-32-58(51(75)41-49)103-74(76,77)78)66(96)89-38-23-28-53(89)64(94)81-73(34-19-20-35-73)72(102)87(11)62(50-26-17-18-27-50)71(101)86(10)57(69(99)88-36-21-14-22-37-88)43-60(92)84(8)55(40-45(2)3)63(93)80-61/h30,32,41,45-48,50,52-57,61-62H,12-29,31,33-40,42-44H2,1-11H3,(H,79,91)(H,80,93)(H,81,94)/t46-,47-,52-,53-,54-,55-,56-,57-,61-,62-/m0/s1. The van der Waals surface area contributed by atoms with E-state index in [0.29, 0.717) is 70.0 Å². The molecule has 1 spiro atoms. The number of nitrogens with one attached hydrogen (secondary N) is 3. The number of fused-ring (bicyclic) bond motifs is 2. The minimum absolute atomic E-state index is 0.0236. The first-order chi connectivity index (χ1) is 48.7. The number of amides is 12. The molecule has 12 amide bonds.